The normalized spacial score (nSPS) is 17.2. The molecule has 9 heteroatoms. The van der Waals surface area contributed by atoms with Crippen molar-refractivity contribution in [2.45, 2.75) is 25.0 Å². The van der Waals surface area contributed by atoms with Crippen molar-refractivity contribution in [3.05, 3.63) is 11.3 Å². The minimum atomic E-state index is -3.68. The van der Waals surface area contributed by atoms with E-state index in [0.29, 0.717) is 17.8 Å². The first kappa shape index (κ1) is 16.4. The quantitative estimate of drug-likeness (QED) is 0.569. The van der Waals surface area contributed by atoms with Crippen molar-refractivity contribution in [1.29, 1.82) is 0 Å². The van der Waals surface area contributed by atoms with Gasteiger partial charge in [0.15, 0.2) is 5.03 Å². The summed E-state index contributed by atoms with van der Waals surface area (Å²) in [6.45, 7) is 5.74. The van der Waals surface area contributed by atoms with Crippen molar-refractivity contribution in [3.63, 3.8) is 0 Å². The number of nitrogens with one attached hydrogen (secondary N) is 2. The predicted molar refractivity (Wildman–Crippen MR) is 76.3 cm³/mol. The van der Waals surface area contributed by atoms with Gasteiger partial charge in [-0.15, -0.1) is 0 Å². The van der Waals surface area contributed by atoms with E-state index in [1.807, 2.05) is 0 Å². The van der Waals surface area contributed by atoms with Crippen LogP contribution in [0.4, 0.5) is 0 Å². The number of hydrogen-bond acceptors (Lipinski definition) is 6. The van der Waals surface area contributed by atoms with Crippen molar-refractivity contribution in [1.82, 2.24) is 19.8 Å². The maximum absolute atomic E-state index is 12.1. The SMILES string of the molecule is Cc1[nH]nc(S(=O)(=O)NCCCN2CCOCC2)c1CO. The summed E-state index contributed by atoms with van der Waals surface area (Å²) in [5.41, 5.74) is 0.877. The van der Waals surface area contributed by atoms with Crippen molar-refractivity contribution in [2.24, 2.45) is 0 Å². The molecule has 1 aliphatic rings. The molecule has 0 aromatic carbocycles. The minimum absolute atomic E-state index is 0.117. The molecule has 1 fully saturated rings. The average Bonchev–Trinajstić information content (AvgIpc) is 2.86. The number of hydrogen-bond donors (Lipinski definition) is 3. The van der Waals surface area contributed by atoms with E-state index in [-0.39, 0.29) is 11.6 Å². The Balaban J connectivity index is 1.83. The van der Waals surface area contributed by atoms with Gasteiger partial charge in [0.05, 0.1) is 19.8 Å². The molecule has 0 bridgehead atoms. The molecule has 1 aromatic heterocycles. The highest BCUT2D eigenvalue weighted by Crippen LogP contribution is 2.15. The van der Waals surface area contributed by atoms with Gasteiger partial charge in [0.1, 0.15) is 0 Å². The molecule has 2 rings (SSSR count). The first-order valence-electron chi connectivity index (χ1n) is 6.99. The summed E-state index contributed by atoms with van der Waals surface area (Å²) in [5.74, 6) is 0. The Hall–Kier alpha value is -1.00. The standard InChI is InChI=1S/C12H22N4O4S/c1-10-11(9-17)12(15-14-10)21(18,19)13-3-2-4-16-5-7-20-8-6-16/h13,17H,2-9H2,1H3,(H,14,15). The molecule has 0 radical (unpaired) electrons. The molecule has 1 saturated heterocycles. The van der Waals surface area contributed by atoms with Crippen LogP contribution in [-0.2, 0) is 21.4 Å². The zero-order valence-electron chi connectivity index (χ0n) is 12.1. The number of aliphatic hydroxyl groups is 1. The summed E-state index contributed by atoms with van der Waals surface area (Å²) >= 11 is 0. The van der Waals surface area contributed by atoms with Gasteiger partial charge in [-0.25, -0.2) is 13.1 Å². The molecule has 0 atom stereocenters. The van der Waals surface area contributed by atoms with Crippen molar-refractivity contribution in [2.75, 3.05) is 39.4 Å². The number of nitrogens with zero attached hydrogens (tertiary/aromatic N) is 2. The fourth-order valence-electron chi connectivity index (χ4n) is 2.24. The molecule has 0 amide bonds. The van der Waals surface area contributed by atoms with Crippen LogP contribution in [-0.4, -0.2) is 68.0 Å². The van der Waals surface area contributed by atoms with E-state index < -0.39 is 10.0 Å². The summed E-state index contributed by atoms with van der Waals surface area (Å²) < 4.78 is 32.1. The number of H-pyrrole nitrogens is 1. The first-order chi connectivity index (χ1) is 10.0. The van der Waals surface area contributed by atoms with E-state index in [2.05, 4.69) is 19.8 Å². The maximum atomic E-state index is 12.1. The van der Waals surface area contributed by atoms with Crippen LogP contribution in [0.5, 0.6) is 0 Å². The Bertz CT molecular complexity index is 552. The second kappa shape index (κ2) is 7.32. The second-order valence-corrected chi connectivity index (χ2v) is 6.68. The predicted octanol–water partition coefficient (Wildman–Crippen LogP) is -0.789. The molecule has 3 N–H and O–H groups in total. The number of aromatic amines is 1. The highest BCUT2D eigenvalue weighted by Gasteiger charge is 2.23. The molecule has 1 aromatic rings. The fourth-order valence-corrected chi connectivity index (χ4v) is 3.50. The Morgan fingerprint density at radius 2 is 2.14 bits per heavy atom. The highest BCUT2D eigenvalue weighted by molar-refractivity contribution is 7.89. The van der Waals surface area contributed by atoms with Crippen LogP contribution in [0.25, 0.3) is 0 Å². The third kappa shape index (κ3) is 4.24. The van der Waals surface area contributed by atoms with E-state index >= 15 is 0 Å². The summed E-state index contributed by atoms with van der Waals surface area (Å²) in [5, 5.41) is 15.5. The summed E-state index contributed by atoms with van der Waals surface area (Å²) in [4.78, 5) is 2.25. The van der Waals surface area contributed by atoms with Gasteiger partial charge in [0.25, 0.3) is 10.0 Å². The highest BCUT2D eigenvalue weighted by atomic mass is 32.2. The van der Waals surface area contributed by atoms with Gasteiger partial charge in [0.2, 0.25) is 0 Å². The van der Waals surface area contributed by atoms with Crippen LogP contribution in [0.15, 0.2) is 5.03 Å². The zero-order chi connectivity index (χ0) is 15.3. The molecule has 0 aliphatic carbocycles. The molecular weight excluding hydrogens is 296 g/mol. The van der Waals surface area contributed by atoms with Crippen LogP contribution < -0.4 is 4.72 Å². The maximum Gasteiger partial charge on any atom is 0.260 e. The Labute approximate surface area is 124 Å². The van der Waals surface area contributed by atoms with E-state index in [1.165, 1.54) is 0 Å². The molecule has 21 heavy (non-hydrogen) atoms. The lowest BCUT2D eigenvalue weighted by atomic mass is 10.3. The average molecular weight is 318 g/mol. The van der Waals surface area contributed by atoms with Gasteiger partial charge in [-0.05, 0) is 19.9 Å². The van der Waals surface area contributed by atoms with Gasteiger partial charge >= 0.3 is 0 Å². The van der Waals surface area contributed by atoms with Gasteiger partial charge in [-0.1, -0.05) is 0 Å². The van der Waals surface area contributed by atoms with Crippen molar-refractivity contribution < 1.29 is 18.3 Å². The van der Waals surface area contributed by atoms with E-state index in [0.717, 1.165) is 39.3 Å². The largest absolute Gasteiger partial charge is 0.392 e. The molecular formula is C12H22N4O4S. The topological polar surface area (TPSA) is 108 Å². The monoisotopic (exact) mass is 318 g/mol. The molecule has 8 nitrogen and oxygen atoms in total. The van der Waals surface area contributed by atoms with Crippen LogP contribution in [0.1, 0.15) is 17.7 Å². The van der Waals surface area contributed by atoms with Crippen LogP contribution >= 0.6 is 0 Å². The number of aryl methyl sites for hydroxylation is 1. The molecule has 0 saturated carbocycles. The smallest absolute Gasteiger partial charge is 0.260 e. The Kier molecular flexibility index (Phi) is 5.71. The van der Waals surface area contributed by atoms with Gasteiger partial charge in [-0.3, -0.25) is 10.00 Å². The third-order valence-corrected chi connectivity index (χ3v) is 4.93. The molecule has 0 spiro atoms. The number of aliphatic hydroxyl groups excluding tert-OH is 1. The number of aromatic nitrogens is 2. The van der Waals surface area contributed by atoms with Crippen molar-refractivity contribution in [3.8, 4) is 0 Å². The molecule has 2 heterocycles. The van der Waals surface area contributed by atoms with E-state index in [4.69, 9.17) is 4.74 Å². The molecule has 1 aliphatic heterocycles. The zero-order valence-corrected chi connectivity index (χ0v) is 12.9. The lowest BCUT2D eigenvalue weighted by molar-refractivity contribution is 0.0376. The Morgan fingerprint density at radius 1 is 1.43 bits per heavy atom. The van der Waals surface area contributed by atoms with E-state index in [9.17, 15) is 13.5 Å². The third-order valence-electron chi connectivity index (χ3n) is 3.50. The Morgan fingerprint density at radius 3 is 2.81 bits per heavy atom. The van der Waals surface area contributed by atoms with Gasteiger partial charge in [0, 0.05) is 30.9 Å². The van der Waals surface area contributed by atoms with Gasteiger partial charge in [-0.2, -0.15) is 5.10 Å². The summed E-state index contributed by atoms with van der Waals surface area (Å²) in [6, 6.07) is 0. The van der Waals surface area contributed by atoms with Crippen LogP contribution in [0, 0.1) is 6.92 Å². The summed E-state index contributed by atoms with van der Waals surface area (Å²) in [7, 11) is -3.68. The van der Waals surface area contributed by atoms with Gasteiger partial charge < -0.3 is 9.84 Å². The first-order valence-corrected chi connectivity index (χ1v) is 8.47. The van der Waals surface area contributed by atoms with Crippen LogP contribution in [0.2, 0.25) is 0 Å². The lowest BCUT2D eigenvalue weighted by Crippen LogP contribution is -2.38. The minimum Gasteiger partial charge on any atom is -0.392 e. The lowest BCUT2D eigenvalue weighted by Gasteiger charge is -2.26. The molecule has 120 valence electrons. The molecule has 0 unspecified atom stereocenters. The number of sulfonamides is 1. The fraction of sp³-hybridized carbons (Fsp3) is 0.750. The van der Waals surface area contributed by atoms with Crippen LogP contribution in [0.3, 0.4) is 0 Å². The second-order valence-electron chi connectivity index (χ2n) is 5.00. The number of ether oxygens (including phenoxy) is 1. The van der Waals surface area contributed by atoms with E-state index in [1.54, 1.807) is 6.92 Å². The number of morpholine rings is 1. The summed E-state index contributed by atoms with van der Waals surface area (Å²) in [6.07, 6.45) is 0.719. The van der Waals surface area contributed by atoms with Crippen molar-refractivity contribution >= 4 is 10.0 Å². The number of rotatable bonds is 7.